The van der Waals surface area contributed by atoms with E-state index in [4.69, 9.17) is 18.9 Å². The van der Waals surface area contributed by atoms with Crippen LogP contribution in [0.2, 0.25) is 0 Å². The molecular formula is C47H84O11. The molecule has 6 unspecified atom stereocenters. The standard InChI is InChI=1S/C47H84O11/c1-3-5-7-9-11-13-15-16-17-18-19-20-21-22-23-24-26-27-29-31-33-35-40(48)55-37-39(38-56-47-44(52)42(50)43(51)45(58-47)46(53)54)57-41(49)36-34-32-30-28-25-14-12-10-8-6-4-2/h10,12,18-19,39,42-45,47,50-52H,3-9,11,13-17,20-38H2,1-2H3,(H,53,54)/b12-10-,19-18-. The van der Waals surface area contributed by atoms with Gasteiger partial charge in [-0.05, 0) is 57.8 Å². The summed E-state index contributed by atoms with van der Waals surface area (Å²) in [5, 5.41) is 39.8. The molecule has 0 bridgehead atoms. The Morgan fingerprint density at radius 2 is 0.931 bits per heavy atom. The Kier molecular flexibility index (Phi) is 34.9. The van der Waals surface area contributed by atoms with Gasteiger partial charge < -0.3 is 39.4 Å². The van der Waals surface area contributed by atoms with Crippen LogP contribution in [0.15, 0.2) is 24.3 Å². The van der Waals surface area contributed by atoms with Gasteiger partial charge in [0.15, 0.2) is 18.5 Å². The minimum absolute atomic E-state index is 0.173. The first-order chi connectivity index (χ1) is 28.2. The molecule has 11 nitrogen and oxygen atoms in total. The molecule has 0 amide bonds. The van der Waals surface area contributed by atoms with Crippen molar-refractivity contribution < 1.29 is 53.8 Å². The Bertz CT molecular complexity index is 1060. The molecular weight excluding hydrogens is 741 g/mol. The second-order valence-corrected chi connectivity index (χ2v) is 16.2. The van der Waals surface area contributed by atoms with Crippen LogP contribution in [-0.2, 0) is 33.3 Å². The molecule has 1 aliphatic heterocycles. The largest absolute Gasteiger partial charge is 0.479 e. The van der Waals surface area contributed by atoms with Crippen LogP contribution in [0.1, 0.15) is 206 Å². The van der Waals surface area contributed by atoms with E-state index in [1.54, 1.807) is 0 Å². The van der Waals surface area contributed by atoms with Crippen LogP contribution >= 0.6 is 0 Å². The van der Waals surface area contributed by atoms with E-state index in [0.29, 0.717) is 12.8 Å². The Morgan fingerprint density at radius 1 is 0.517 bits per heavy atom. The molecule has 1 heterocycles. The van der Waals surface area contributed by atoms with Crippen LogP contribution in [0.3, 0.4) is 0 Å². The second-order valence-electron chi connectivity index (χ2n) is 16.2. The average molecular weight is 825 g/mol. The summed E-state index contributed by atoms with van der Waals surface area (Å²) in [6, 6.07) is 0. The van der Waals surface area contributed by atoms with Crippen LogP contribution in [-0.4, -0.2) is 88.4 Å². The molecule has 0 aromatic carbocycles. The number of carbonyl (C=O) groups excluding carboxylic acids is 2. The van der Waals surface area contributed by atoms with Gasteiger partial charge >= 0.3 is 17.9 Å². The summed E-state index contributed by atoms with van der Waals surface area (Å²) < 4.78 is 21.7. The van der Waals surface area contributed by atoms with Gasteiger partial charge in [0, 0.05) is 12.8 Å². The first-order valence-corrected chi connectivity index (χ1v) is 23.4. The zero-order valence-electron chi connectivity index (χ0n) is 36.5. The summed E-state index contributed by atoms with van der Waals surface area (Å²) in [7, 11) is 0. The van der Waals surface area contributed by atoms with E-state index in [-0.39, 0.29) is 19.4 Å². The molecule has 1 fully saturated rings. The predicted molar refractivity (Wildman–Crippen MR) is 229 cm³/mol. The Labute approximate surface area is 351 Å². The maximum absolute atomic E-state index is 12.7. The van der Waals surface area contributed by atoms with Gasteiger partial charge in [0.05, 0.1) is 6.61 Å². The fourth-order valence-electron chi connectivity index (χ4n) is 7.03. The molecule has 0 saturated carbocycles. The highest BCUT2D eigenvalue weighted by Crippen LogP contribution is 2.23. The molecule has 58 heavy (non-hydrogen) atoms. The molecule has 0 aliphatic carbocycles. The van der Waals surface area contributed by atoms with Crippen molar-refractivity contribution in [3.8, 4) is 0 Å². The van der Waals surface area contributed by atoms with Gasteiger partial charge in [0.25, 0.3) is 0 Å². The van der Waals surface area contributed by atoms with E-state index in [0.717, 1.165) is 57.8 Å². The van der Waals surface area contributed by atoms with Gasteiger partial charge in [0.2, 0.25) is 0 Å². The van der Waals surface area contributed by atoms with Gasteiger partial charge in [-0.1, -0.05) is 160 Å². The third-order valence-electron chi connectivity index (χ3n) is 10.8. The maximum Gasteiger partial charge on any atom is 0.335 e. The van der Waals surface area contributed by atoms with Gasteiger partial charge in [0.1, 0.15) is 24.9 Å². The van der Waals surface area contributed by atoms with Crippen molar-refractivity contribution in [3.05, 3.63) is 24.3 Å². The number of unbranched alkanes of at least 4 members (excludes halogenated alkanes) is 24. The number of esters is 2. The number of aliphatic hydroxyl groups is 3. The summed E-state index contributed by atoms with van der Waals surface area (Å²) in [4.78, 5) is 36.8. The molecule has 0 spiro atoms. The number of rotatable bonds is 39. The second kappa shape index (κ2) is 37.7. The normalized spacial score (nSPS) is 20.2. The van der Waals surface area contributed by atoms with E-state index in [2.05, 4.69) is 38.2 Å². The number of aliphatic carboxylic acids is 1. The summed E-state index contributed by atoms with van der Waals surface area (Å²) >= 11 is 0. The lowest BCUT2D eigenvalue weighted by Gasteiger charge is -2.38. The minimum atomic E-state index is -1.86. The van der Waals surface area contributed by atoms with Crippen molar-refractivity contribution in [1.82, 2.24) is 0 Å². The molecule has 1 rings (SSSR count). The highest BCUT2D eigenvalue weighted by molar-refractivity contribution is 5.73. The summed E-state index contributed by atoms with van der Waals surface area (Å²) in [5.74, 6) is -2.45. The van der Waals surface area contributed by atoms with Crippen LogP contribution in [0.4, 0.5) is 0 Å². The van der Waals surface area contributed by atoms with Crippen LogP contribution in [0.25, 0.3) is 0 Å². The third-order valence-corrected chi connectivity index (χ3v) is 10.8. The molecule has 1 aliphatic rings. The SMILES string of the molecule is CCCC/C=C\CCCCCCCC(=O)OC(COC(=O)CCCCCCCCCCC/C=C\CCCCCCCCCC)COC1OC(C(=O)O)C(O)C(O)C1O. The molecule has 0 aromatic rings. The van der Waals surface area contributed by atoms with E-state index in [9.17, 15) is 34.8 Å². The average Bonchev–Trinajstić information content (AvgIpc) is 3.21. The summed E-state index contributed by atoms with van der Waals surface area (Å²) in [6.45, 7) is 3.77. The minimum Gasteiger partial charge on any atom is -0.479 e. The zero-order chi connectivity index (χ0) is 42.5. The van der Waals surface area contributed by atoms with Gasteiger partial charge in [-0.3, -0.25) is 9.59 Å². The number of carboxylic acid groups (broad SMARTS) is 1. The van der Waals surface area contributed by atoms with Crippen molar-refractivity contribution >= 4 is 17.9 Å². The van der Waals surface area contributed by atoms with Crippen LogP contribution in [0.5, 0.6) is 0 Å². The molecule has 0 radical (unpaired) electrons. The van der Waals surface area contributed by atoms with Crippen LogP contribution < -0.4 is 0 Å². The van der Waals surface area contributed by atoms with Crippen molar-refractivity contribution in [1.29, 1.82) is 0 Å². The van der Waals surface area contributed by atoms with Crippen molar-refractivity contribution in [2.75, 3.05) is 13.2 Å². The van der Waals surface area contributed by atoms with Crippen LogP contribution in [0, 0.1) is 0 Å². The monoisotopic (exact) mass is 825 g/mol. The molecule has 6 atom stereocenters. The Morgan fingerprint density at radius 3 is 1.40 bits per heavy atom. The Hall–Kier alpha value is -2.31. The smallest absolute Gasteiger partial charge is 0.335 e. The fourth-order valence-corrected chi connectivity index (χ4v) is 7.03. The topological polar surface area (TPSA) is 169 Å². The summed E-state index contributed by atoms with van der Waals surface area (Å²) in [5.41, 5.74) is 0. The first-order valence-electron chi connectivity index (χ1n) is 23.4. The third kappa shape index (κ3) is 29.0. The van der Waals surface area contributed by atoms with E-state index < -0.39 is 61.3 Å². The van der Waals surface area contributed by atoms with Crippen molar-refractivity contribution in [3.63, 3.8) is 0 Å². The molecule has 4 N–H and O–H groups in total. The highest BCUT2D eigenvalue weighted by Gasteiger charge is 2.47. The molecule has 0 aromatic heterocycles. The number of allylic oxidation sites excluding steroid dienone is 4. The highest BCUT2D eigenvalue weighted by atomic mass is 16.7. The van der Waals surface area contributed by atoms with Crippen molar-refractivity contribution in [2.45, 2.75) is 243 Å². The van der Waals surface area contributed by atoms with E-state index in [1.807, 2.05) is 0 Å². The predicted octanol–water partition coefficient (Wildman–Crippen LogP) is 10.2. The van der Waals surface area contributed by atoms with Gasteiger partial charge in [-0.2, -0.15) is 0 Å². The maximum atomic E-state index is 12.7. The number of hydrogen-bond acceptors (Lipinski definition) is 10. The number of ether oxygens (including phenoxy) is 4. The zero-order valence-corrected chi connectivity index (χ0v) is 36.5. The lowest BCUT2D eigenvalue weighted by atomic mass is 9.99. The quantitative estimate of drug-likeness (QED) is 0.0264. The summed E-state index contributed by atoms with van der Waals surface area (Å²) in [6.07, 6.45) is 32.4. The molecule has 338 valence electrons. The lowest BCUT2D eigenvalue weighted by molar-refractivity contribution is -0.298. The Balaban J connectivity index is 2.29. The van der Waals surface area contributed by atoms with E-state index in [1.165, 1.54) is 109 Å². The van der Waals surface area contributed by atoms with Crippen molar-refractivity contribution in [2.24, 2.45) is 0 Å². The lowest BCUT2D eigenvalue weighted by Crippen LogP contribution is -2.60. The number of carbonyl (C=O) groups is 3. The van der Waals surface area contributed by atoms with E-state index >= 15 is 0 Å². The first kappa shape index (κ1) is 53.7. The number of hydrogen-bond donors (Lipinski definition) is 4. The molecule has 1 saturated heterocycles. The molecule has 11 heteroatoms. The number of aliphatic hydroxyl groups excluding tert-OH is 3. The van der Waals surface area contributed by atoms with Gasteiger partial charge in [-0.25, -0.2) is 4.79 Å². The number of carboxylic acids is 1. The fraction of sp³-hybridized carbons (Fsp3) is 0.851. The van der Waals surface area contributed by atoms with Gasteiger partial charge in [-0.15, -0.1) is 0 Å².